The fourth-order valence-electron chi connectivity index (χ4n) is 3.64. The van der Waals surface area contributed by atoms with Gasteiger partial charge in [-0.15, -0.1) is 10.1 Å². The van der Waals surface area contributed by atoms with Gasteiger partial charge in [0.1, 0.15) is 0 Å². The van der Waals surface area contributed by atoms with Crippen LogP contribution in [0.5, 0.6) is 0 Å². The Labute approximate surface area is 202 Å². The van der Waals surface area contributed by atoms with Gasteiger partial charge in [0, 0.05) is 18.5 Å². The van der Waals surface area contributed by atoms with Crippen molar-refractivity contribution in [2.45, 2.75) is 148 Å². The summed E-state index contributed by atoms with van der Waals surface area (Å²) in [5, 5.41) is 26.5. The second-order valence-corrected chi connectivity index (χ2v) is 9.77. The van der Waals surface area contributed by atoms with Crippen LogP contribution in [0.2, 0.25) is 0 Å². The molecule has 0 bridgehead atoms. The number of nitrogens with two attached hydrogens (primary N) is 1. The van der Waals surface area contributed by atoms with Gasteiger partial charge in [0.05, 0.1) is 6.10 Å². The van der Waals surface area contributed by atoms with Crippen molar-refractivity contribution >= 4 is 5.91 Å². The summed E-state index contributed by atoms with van der Waals surface area (Å²) >= 11 is 0. The Hall–Kier alpha value is -1.41. The molecule has 8 nitrogen and oxygen atoms in total. The van der Waals surface area contributed by atoms with Crippen LogP contribution in [-0.2, 0) is 4.79 Å². The minimum Gasteiger partial charge on any atom is -0.391 e. The number of nitrogens with one attached hydrogen (secondary N) is 1. The summed E-state index contributed by atoms with van der Waals surface area (Å²) in [6, 6.07) is 0. The van der Waals surface area contributed by atoms with Gasteiger partial charge in [0.2, 0.25) is 5.91 Å². The second kappa shape index (κ2) is 23.7. The molecule has 1 amide bonds. The monoisotopic (exact) mass is 475 g/mol. The number of aliphatic hydroxyl groups excluding tert-OH is 1. The van der Waals surface area contributed by atoms with E-state index in [0.717, 1.165) is 19.3 Å². The van der Waals surface area contributed by atoms with Gasteiger partial charge in [-0.1, -0.05) is 96.8 Å². The molecule has 0 heterocycles. The van der Waals surface area contributed by atoms with Gasteiger partial charge in [-0.3, -0.25) is 4.79 Å². The molecule has 0 aliphatic rings. The lowest BCUT2D eigenvalue weighted by molar-refractivity contribution is -0.742. The number of amides is 1. The SMILES string of the molecule is CCCCCCCCCCCCCCCCCC(=O)NCCCC(O)C(C)(C)N.O=[N+]([O-])O. The molecule has 5 N–H and O–H groups in total. The van der Waals surface area contributed by atoms with E-state index in [-0.39, 0.29) is 5.91 Å². The molecule has 33 heavy (non-hydrogen) atoms. The number of hydrogen-bond donors (Lipinski definition) is 4. The maximum atomic E-state index is 11.8. The number of rotatable bonds is 21. The highest BCUT2D eigenvalue weighted by Gasteiger charge is 2.21. The Morgan fingerprint density at radius 2 is 1.24 bits per heavy atom. The van der Waals surface area contributed by atoms with E-state index in [1.807, 2.05) is 13.8 Å². The largest absolute Gasteiger partial charge is 0.391 e. The van der Waals surface area contributed by atoms with E-state index >= 15 is 0 Å². The van der Waals surface area contributed by atoms with Crippen molar-refractivity contribution in [1.82, 2.24) is 5.32 Å². The van der Waals surface area contributed by atoms with E-state index in [2.05, 4.69) is 12.2 Å². The molecule has 0 saturated carbocycles. The Morgan fingerprint density at radius 1 is 0.879 bits per heavy atom. The first-order valence-corrected chi connectivity index (χ1v) is 13.2. The maximum Gasteiger partial charge on any atom is 0.291 e. The molecule has 0 spiro atoms. The van der Waals surface area contributed by atoms with Crippen LogP contribution in [0.1, 0.15) is 136 Å². The quantitative estimate of drug-likeness (QED) is 0.0926. The van der Waals surface area contributed by atoms with Crippen LogP contribution in [0.25, 0.3) is 0 Å². The normalized spacial score (nSPS) is 12.0. The molecule has 1 unspecified atom stereocenters. The third-order valence-electron chi connectivity index (χ3n) is 5.84. The fraction of sp³-hybridized carbons (Fsp3) is 0.960. The Morgan fingerprint density at radius 3 is 1.61 bits per heavy atom. The van der Waals surface area contributed by atoms with E-state index in [1.54, 1.807) is 0 Å². The number of carbonyl (C=O) groups excluding carboxylic acids is 1. The molecule has 0 radical (unpaired) electrons. The molecule has 0 aromatic carbocycles. The highest BCUT2D eigenvalue weighted by molar-refractivity contribution is 5.75. The molecule has 8 heteroatoms. The van der Waals surface area contributed by atoms with Crippen LogP contribution >= 0.6 is 0 Å². The first-order chi connectivity index (χ1) is 15.6. The molecule has 0 aliphatic heterocycles. The predicted octanol–water partition coefficient (Wildman–Crippen LogP) is 5.89. The van der Waals surface area contributed by atoms with Crippen molar-refractivity contribution in [2.24, 2.45) is 5.73 Å². The van der Waals surface area contributed by atoms with Gasteiger partial charge in [-0.05, 0) is 33.1 Å². The Kier molecular flexibility index (Phi) is 24.3. The zero-order valence-electron chi connectivity index (χ0n) is 21.7. The summed E-state index contributed by atoms with van der Waals surface area (Å²) < 4.78 is 0. The fourth-order valence-corrected chi connectivity index (χ4v) is 3.64. The summed E-state index contributed by atoms with van der Waals surface area (Å²) in [5.74, 6) is 0.140. The van der Waals surface area contributed by atoms with Crippen LogP contribution in [0.3, 0.4) is 0 Å². The lowest BCUT2D eigenvalue weighted by Gasteiger charge is -2.25. The van der Waals surface area contributed by atoms with Gasteiger partial charge in [-0.2, -0.15) is 0 Å². The van der Waals surface area contributed by atoms with Gasteiger partial charge < -0.3 is 21.4 Å². The molecule has 0 aromatic rings. The number of nitrogens with zero attached hydrogens (tertiary/aromatic N) is 1. The lowest BCUT2D eigenvalue weighted by Crippen LogP contribution is -2.45. The van der Waals surface area contributed by atoms with E-state index < -0.39 is 16.7 Å². The molecule has 0 fully saturated rings. The number of hydrogen-bond acceptors (Lipinski definition) is 5. The highest BCUT2D eigenvalue weighted by atomic mass is 16.9. The molecule has 0 rings (SSSR count). The molecule has 0 aliphatic carbocycles. The van der Waals surface area contributed by atoms with Gasteiger partial charge >= 0.3 is 0 Å². The number of unbranched alkanes of at least 4 members (excludes halogenated alkanes) is 14. The van der Waals surface area contributed by atoms with Gasteiger partial charge in [-0.25, -0.2) is 0 Å². The summed E-state index contributed by atoms with van der Waals surface area (Å²) in [6.07, 6.45) is 21.6. The van der Waals surface area contributed by atoms with Crippen LogP contribution in [0, 0.1) is 10.1 Å². The van der Waals surface area contributed by atoms with Crippen molar-refractivity contribution in [3.05, 3.63) is 10.1 Å². The smallest absolute Gasteiger partial charge is 0.291 e. The average molecular weight is 476 g/mol. The summed E-state index contributed by atoms with van der Waals surface area (Å²) in [4.78, 5) is 20.2. The first-order valence-electron chi connectivity index (χ1n) is 13.2. The molecular formula is C25H53N3O5. The van der Waals surface area contributed by atoms with Crippen molar-refractivity contribution in [2.75, 3.05) is 6.54 Å². The topological polar surface area (TPSA) is 139 Å². The van der Waals surface area contributed by atoms with E-state index in [4.69, 9.17) is 21.1 Å². The van der Waals surface area contributed by atoms with Crippen molar-refractivity contribution < 1.29 is 20.2 Å². The standard InChI is InChI=1S/C25H52N2O2.HNO3/c1-4-5-6-7-8-9-10-11-12-13-14-15-16-17-18-21-24(29)27-22-19-20-23(28)25(2,3)26;2-1(3)4/h23,28H,4-22,26H2,1-3H3,(H,27,29);(H,2,3,4). The average Bonchev–Trinajstić information content (AvgIpc) is 2.72. The van der Waals surface area contributed by atoms with E-state index in [9.17, 15) is 9.90 Å². The van der Waals surface area contributed by atoms with Crippen LogP contribution in [0.4, 0.5) is 0 Å². The maximum absolute atomic E-state index is 11.8. The minimum absolute atomic E-state index is 0.140. The van der Waals surface area contributed by atoms with Crippen LogP contribution in [-0.4, -0.2) is 39.5 Å². The predicted molar refractivity (Wildman–Crippen MR) is 135 cm³/mol. The summed E-state index contributed by atoms with van der Waals surface area (Å²) in [6.45, 7) is 6.56. The molecule has 198 valence electrons. The van der Waals surface area contributed by atoms with Crippen molar-refractivity contribution in [3.8, 4) is 0 Å². The Balaban J connectivity index is 0. The second-order valence-electron chi connectivity index (χ2n) is 9.77. The van der Waals surface area contributed by atoms with Gasteiger partial charge in [0.25, 0.3) is 5.09 Å². The zero-order chi connectivity index (χ0) is 25.4. The van der Waals surface area contributed by atoms with Gasteiger partial charge in [0.15, 0.2) is 0 Å². The summed E-state index contributed by atoms with van der Waals surface area (Å²) in [7, 11) is 0. The third kappa shape index (κ3) is 30.6. The van der Waals surface area contributed by atoms with Crippen molar-refractivity contribution in [1.29, 1.82) is 0 Å². The summed E-state index contributed by atoms with van der Waals surface area (Å²) in [5.41, 5.74) is 5.28. The third-order valence-corrected chi connectivity index (χ3v) is 5.84. The Bertz CT molecular complexity index is 452. The molecule has 1 atom stereocenters. The zero-order valence-corrected chi connectivity index (χ0v) is 21.7. The minimum atomic E-state index is -1.50. The highest BCUT2D eigenvalue weighted by Crippen LogP contribution is 2.14. The van der Waals surface area contributed by atoms with Crippen LogP contribution in [0.15, 0.2) is 0 Å². The van der Waals surface area contributed by atoms with E-state index in [1.165, 1.54) is 83.5 Å². The number of aliphatic hydroxyl groups is 1. The molecule has 0 aromatic heterocycles. The number of carbonyl (C=O) groups is 1. The van der Waals surface area contributed by atoms with Crippen LogP contribution < -0.4 is 11.1 Å². The van der Waals surface area contributed by atoms with E-state index in [0.29, 0.717) is 19.4 Å². The molecular weight excluding hydrogens is 422 g/mol. The molecule has 0 saturated heterocycles. The first kappa shape index (κ1) is 33.8. The lowest BCUT2D eigenvalue weighted by atomic mass is 9.95. The van der Waals surface area contributed by atoms with Crippen molar-refractivity contribution in [3.63, 3.8) is 0 Å².